The van der Waals surface area contributed by atoms with Crippen LogP contribution in [-0.4, -0.2) is 26.4 Å². The third-order valence-electron chi connectivity index (χ3n) is 5.36. The van der Waals surface area contributed by atoms with Gasteiger partial charge in [-0.25, -0.2) is 8.42 Å². The second kappa shape index (κ2) is 6.89. The lowest BCUT2D eigenvalue weighted by molar-refractivity contribution is 0.397. The van der Waals surface area contributed by atoms with E-state index in [1.54, 1.807) is 11.4 Å². The molecule has 0 N–H and O–H groups in total. The summed E-state index contributed by atoms with van der Waals surface area (Å²) in [6.07, 6.45) is 4.96. The molecule has 26 heavy (non-hydrogen) atoms. The topological polar surface area (TPSA) is 46.6 Å². The highest BCUT2D eigenvalue weighted by molar-refractivity contribution is 7.93. The third kappa shape index (κ3) is 3.06. The summed E-state index contributed by atoms with van der Waals surface area (Å²) in [6, 6.07) is 15.7. The van der Waals surface area contributed by atoms with Gasteiger partial charge in [0.05, 0.1) is 18.1 Å². The molecule has 0 radical (unpaired) electrons. The van der Waals surface area contributed by atoms with Gasteiger partial charge < -0.3 is 4.74 Å². The van der Waals surface area contributed by atoms with Crippen molar-refractivity contribution in [3.63, 3.8) is 0 Å². The van der Waals surface area contributed by atoms with Crippen LogP contribution in [0.3, 0.4) is 0 Å². The monoisotopic (exact) mass is 369 g/mol. The Morgan fingerprint density at radius 3 is 2.58 bits per heavy atom. The Bertz CT molecular complexity index is 932. The zero-order valence-electron chi connectivity index (χ0n) is 14.9. The van der Waals surface area contributed by atoms with Gasteiger partial charge in [0.25, 0.3) is 0 Å². The second-order valence-electron chi connectivity index (χ2n) is 6.86. The number of benzene rings is 2. The summed E-state index contributed by atoms with van der Waals surface area (Å²) < 4.78 is 33.6. The van der Waals surface area contributed by atoms with E-state index >= 15 is 0 Å². The number of aryl methyl sites for hydroxylation is 1. The first-order valence-electron chi connectivity index (χ1n) is 9.04. The number of fused-ring (bicyclic) bond motifs is 1. The number of sulfonamides is 1. The van der Waals surface area contributed by atoms with Crippen molar-refractivity contribution >= 4 is 16.1 Å². The molecule has 5 heteroatoms. The molecule has 1 heterocycles. The van der Waals surface area contributed by atoms with Crippen molar-refractivity contribution in [2.45, 2.75) is 31.7 Å². The van der Waals surface area contributed by atoms with Crippen molar-refractivity contribution in [3.05, 3.63) is 70.1 Å². The summed E-state index contributed by atoms with van der Waals surface area (Å²) in [6.45, 7) is 0.581. The van der Waals surface area contributed by atoms with E-state index < -0.39 is 10.0 Å². The van der Waals surface area contributed by atoms with Crippen molar-refractivity contribution in [1.29, 1.82) is 0 Å². The molecule has 2 aromatic carbocycles. The van der Waals surface area contributed by atoms with E-state index in [1.165, 1.54) is 5.56 Å². The predicted octanol–water partition coefficient (Wildman–Crippen LogP) is 4.15. The molecule has 1 saturated heterocycles. The molecule has 0 unspecified atom stereocenters. The first-order chi connectivity index (χ1) is 12.6. The molecule has 2 aromatic rings. The van der Waals surface area contributed by atoms with Crippen LogP contribution in [0.1, 0.15) is 42.0 Å². The van der Waals surface area contributed by atoms with Crippen LogP contribution in [0.25, 0.3) is 6.08 Å². The number of rotatable bonds is 4. The highest BCUT2D eigenvalue weighted by Crippen LogP contribution is 2.39. The van der Waals surface area contributed by atoms with Crippen molar-refractivity contribution in [1.82, 2.24) is 4.31 Å². The maximum atomic E-state index is 13.3. The van der Waals surface area contributed by atoms with Gasteiger partial charge in [-0.1, -0.05) is 36.4 Å². The van der Waals surface area contributed by atoms with E-state index in [9.17, 15) is 8.42 Å². The van der Waals surface area contributed by atoms with Crippen molar-refractivity contribution in [3.8, 4) is 5.75 Å². The fraction of sp³-hybridized carbons (Fsp3) is 0.333. The molecule has 136 valence electrons. The molecule has 0 spiro atoms. The lowest BCUT2D eigenvalue weighted by Gasteiger charge is -2.27. The summed E-state index contributed by atoms with van der Waals surface area (Å²) in [7, 11) is -1.82. The van der Waals surface area contributed by atoms with Gasteiger partial charge in [-0.3, -0.25) is 0 Å². The first kappa shape index (κ1) is 17.3. The van der Waals surface area contributed by atoms with Crippen LogP contribution in [0.5, 0.6) is 5.75 Å². The summed E-state index contributed by atoms with van der Waals surface area (Å²) in [5, 5.41) is 0. The highest BCUT2D eigenvalue weighted by atomic mass is 32.2. The quantitative estimate of drug-likeness (QED) is 0.813. The molecule has 4 nitrogen and oxygen atoms in total. The minimum Gasteiger partial charge on any atom is -0.497 e. The molecular formula is C21H23NO3S. The SMILES string of the molecule is COc1ccc([C@H]2CCCN2S(=O)(=O)C2=Cc3ccccc3CC2)cc1. The lowest BCUT2D eigenvalue weighted by Crippen LogP contribution is -2.32. The Kier molecular flexibility index (Phi) is 4.59. The standard InChI is InChI=1S/C21H23NO3S/c1-25-19-11-8-17(9-12-19)21-7-4-14-22(21)26(23,24)20-13-10-16-5-2-3-6-18(16)15-20/h2-3,5-6,8-9,11-12,15,21H,4,7,10,13-14H2,1H3/t21-/m1/s1. The Labute approximate surface area is 155 Å². The van der Waals surface area contributed by atoms with E-state index in [2.05, 4.69) is 6.07 Å². The molecule has 1 aliphatic carbocycles. The number of allylic oxidation sites excluding steroid dienone is 1. The molecule has 1 aliphatic heterocycles. The Hall–Kier alpha value is -2.11. The van der Waals surface area contributed by atoms with E-state index in [4.69, 9.17) is 4.74 Å². The average Bonchev–Trinajstić information content (AvgIpc) is 3.18. The predicted molar refractivity (Wildman–Crippen MR) is 103 cm³/mol. The van der Waals surface area contributed by atoms with E-state index in [-0.39, 0.29) is 6.04 Å². The van der Waals surface area contributed by atoms with Crippen LogP contribution in [0.15, 0.2) is 53.4 Å². The minimum absolute atomic E-state index is 0.0935. The molecule has 4 rings (SSSR count). The maximum absolute atomic E-state index is 13.3. The second-order valence-corrected chi connectivity index (χ2v) is 8.80. The normalized spacial score (nSPS) is 20.5. The number of hydrogen-bond donors (Lipinski definition) is 0. The van der Waals surface area contributed by atoms with E-state index in [1.807, 2.05) is 48.5 Å². The van der Waals surface area contributed by atoms with E-state index in [0.29, 0.717) is 17.9 Å². The first-order valence-corrected chi connectivity index (χ1v) is 10.5. The Morgan fingerprint density at radius 2 is 1.81 bits per heavy atom. The van der Waals surface area contributed by atoms with Crippen LogP contribution < -0.4 is 4.74 Å². The van der Waals surface area contributed by atoms with Gasteiger partial charge in [0.15, 0.2) is 0 Å². The van der Waals surface area contributed by atoms with Crippen LogP contribution in [0.4, 0.5) is 0 Å². The van der Waals surface area contributed by atoms with Gasteiger partial charge in [0, 0.05) is 6.54 Å². The van der Waals surface area contributed by atoms with Crippen molar-refractivity contribution in [2.24, 2.45) is 0 Å². The van der Waals surface area contributed by atoms with Crippen molar-refractivity contribution < 1.29 is 13.2 Å². The van der Waals surface area contributed by atoms with Gasteiger partial charge >= 0.3 is 0 Å². The van der Waals surface area contributed by atoms with Gasteiger partial charge in [-0.2, -0.15) is 4.31 Å². The van der Waals surface area contributed by atoms with E-state index in [0.717, 1.165) is 36.1 Å². The summed E-state index contributed by atoms with van der Waals surface area (Å²) in [4.78, 5) is 0.539. The zero-order chi connectivity index (χ0) is 18.1. The Morgan fingerprint density at radius 1 is 1.04 bits per heavy atom. The summed E-state index contributed by atoms with van der Waals surface area (Å²) in [5.41, 5.74) is 3.28. The third-order valence-corrected chi connectivity index (χ3v) is 7.40. The largest absolute Gasteiger partial charge is 0.497 e. The zero-order valence-corrected chi connectivity index (χ0v) is 15.7. The molecule has 0 saturated carbocycles. The average molecular weight is 369 g/mol. The number of ether oxygens (including phenoxy) is 1. The van der Waals surface area contributed by atoms with Gasteiger partial charge in [-0.05, 0) is 60.6 Å². The summed E-state index contributed by atoms with van der Waals surface area (Å²) >= 11 is 0. The van der Waals surface area contributed by atoms with Crippen LogP contribution in [0, 0.1) is 0 Å². The molecular weight excluding hydrogens is 346 g/mol. The minimum atomic E-state index is -3.45. The molecule has 0 bridgehead atoms. The maximum Gasteiger partial charge on any atom is 0.239 e. The fourth-order valence-electron chi connectivity index (χ4n) is 3.95. The fourth-order valence-corrected chi connectivity index (χ4v) is 5.82. The van der Waals surface area contributed by atoms with Crippen LogP contribution >= 0.6 is 0 Å². The molecule has 0 aromatic heterocycles. The van der Waals surface area contributed by atoms with Crippen LogP contribution in [-0.2, 0) is 16.4 Å². The number of nitrogens with zero attached hydrogens (tertiary/aromatic N) is 1. The number of methoxy groups -OCH3 is 1. The Balaban J connectivity index is 1.65. The van der Waals surface area contributed by atoms with Gasteiger partial charge in [0.2, 0.25) is 10.0 Å². The van der Waals surface area contributed by atoms with Gasteiger partial charge in [-0.15, -0.1) is 0 Å². The molecule has 2 aliphatic rings. The molecule has 1 atom stereocenters. The number of hydrogen-bond acceptors (Lipinski definition) is 3. The highest BCUT2D eigenvalue weighted by Gasteiger charge is 2.37. The van der Waals surface area contributed by atoms with Gasteiger partial charge in [0.1, 0.15) is 5.75 Å². The smallest absolute Gasteiger partial charge is 0.239 e. The van der Waals surface area contributed by atoms with Crippen molar-refractivity contribution in [2.75, 3.05) is 13.7 Å². The molecule has 0 amide bonds. The lowest BCUT2D eigenvalue weighted by atomic mass is 9.98. The summed E-state index contributed by atoms with van der Waals surface area (Å²) in [5.74, 6) is 0.785. The molecule has 1 fully saturated rings. The van der Waals surface area contributed by atoms with Crippen LogP contribution in [0.2, 0.25) is 0 Å².